The van der Waals surface area contributed by atoms with Crippen LogP contribution in [-0.4, -0.2) is 22.4 Å². The van der Waals surface area contributed by atoms with Crippen molar-refractivity contribution in [2.45, 2.75) is 6.42 Å². The lowest BCUT2D eigenvalue weighted by Crippen LogP contribution is -2.27. The molecule has 0 aliphatic carbocycles. The Balaban J connectivity index is 1.59. The average molecular weight is 363 g/mol. The fourth-order valence-corrected chi connectivity index (χ4v) is 2.96. The molecule has 0 bridgehead atoms. The van der Waals surface area contributed by atoms with Crippen molar-refractivity contribution in [3.63, 3.8) is 0 Å². The number of hydrogen-bond donors (Lipinski definition) is 1. The van der Waals surface area contributed by atoms with E-state index in [0.29, 0.717) is 12.5 Å². The minimum absolute atomic E-state index is 0.192. The van der Waals surface area contributed by atoms with Crippen LogP contribution in [0.1, 0.15) is 15.4 Å². The van der Waals surface area contributed by atoms with Gasteiger partial charge in [-0.3, -0.25) is 9.78 Å². The molecule has 4 nitrogen and oxygen atoms in total. The van der Waals surface area contributed by atoms with Gasteiger partial charge in [0.2, 0.25) is 0 Å². The molecule has 0 radical (unpaired) electrons. The van der Waals surface area contributed by atoms with Gasteiger partial charge in [0, 0.05) is 36.3 Å². The second-order valence-corrected chi connectivity index (χ2v) is 6.04. The predicted octanol–water partition coefficient (Wildman–Crippen LogP) is 3.59. The van der Waals surface area contributed by atoms with Crippen molar-refractivity contribution >= 4 is 17.2 Å². The Morgan fingerprint density at radius 3 is 2.76 bits per heavy atom. The van der Waals surface area contributed by atoms with Gasteiger partial charge in [0.05, 0.1) is 16.3 Å². The highest BCUT2D eigenvalue weighted by molar-refractivity contribution is 7.09. The lowest BCUT2D eigenvalue weighted by molar-refractivity contribution is 0.0949. The van der Waals surface area contributed by atoms with Crippen molar-refractivity contribution in [1.82, 2.24) is 15.3 Å². The van der Waals surface area contributed by atoms with Gasteiger partial charge in [-0.25, -0.2) is 18.2 Å². The van der Waals surface area contributed by atoms with E-state index >= 15 is 0 Å². The van der Waals surface area contributed by atoms with E-state index < -0.39 is 28.9 Å². The molecule has 0 fully saturated rings. The molecule has 3 rings (SSSR count). The summed E-state index contributed by atoms with van der Waals surface area (Å²) in [7, 11) is 0. The Hall–Kier alpha value is -2.74. The normalized spacial score (nSPS) is 10.7. The minimum atomic E-state index is -1.66. The molecule has 25 heavy (non-hydrogen) atoms. The van der Waals surface area contributed by atoms with Crippen LogP contribution in [-0.2, 0) is 6.42 Å². The standard InChI is InChI=1S/C17H12F3N3OS/c18-12-4-3-11(15(19)16(12)20)17(24)22-7-5-14-23-13(9-25-14)10-2-1-6-21-8-10/h1-4,6,8-9H,5,7H2,(H,22,24). The van der Waals surface area contributed by atoms with Crippen molar-refractivity contribution in [3.05, 3.63) is 70.1 Å². The maximum absolute atomic E-state index is 13.6. The number of aromatic nitrogens is 2. The summed E-state index contributed by atoms with van der Waals surface area (Å²) in [6, 6.07) is 5.33. The van der Waals surface area contributed by atoms with E-state index in [-0.39, 0.29) is 6.54 Å². The first-order chi connectivity index (χ1) is 12.1. The van der Waals surface area contributed by atoms with E-state index in [9.17, 15) is 18.0 Å². The van der Waals surface area contributed by atoms with Crippen LogP contribution in [0.2, 0.25) is 0 Å². The summed E-state index contributed by atoms with van der Waals surface area (Å²) in [4.78, 5) is 20.3. The number of rotatable bonds is 5. The number of pyridine rings is 1. The second-order valence-electron chi connectivity index (χ2n) is 5.10. The zero-order valence-corrected chi connectivity index (χ0v) is 13.6. The Kier molecular flexibility index (Phi) is 5.08. The van der Waals surface area contributed by atoms with Crippen LogP contribution in [0.3, 0.4) is 0 Å². The number of thiazole rings is 1. The lowest BCUT2D eigenvalue weighted by atomic mass is 10.2. The molecule has 0 spiro atoms. The minimum Gasteiger partial charge on any atom is -0.352 e. The topological polar surface area (TPSA) is 54.9 Å². The number of carbonyl (C=O) groups excluding carboxylic acids is 1. The van der Waals surface area contributed by atoms with Crippen LogP contribution in [0.5, 0.6) is 0 Å². The van der Waals surface area contributed by atoms with E-state index in [2.05, 4.69) is 15.3 Å². The van der Waals surface area contributed by atoms with Crippen molar-refractivity contribution in [2.24, 2.45) is 0 Å². The summed E-state index contributed by atoms with van der Waals surface area (Å²) >= 11 is 1.43. The third-order valence-electron chi connectivity index (χ3n) is 3.41. The van der Waals surface area contributed by atoms with Crippen molar-refractivity contribution < 1.29 is 18.0 Å². The monoisotopic (exact) mass is 363 g/mol. The number of nitrogens with one attached hydrogen (secondary N) is 1. The molecule has 128 valence electrons. The maximum atomic E-state index is 13.6. The number of nitrogens with zero attached hydrogens (tertiary/aromatic N) is 2. The van der Waals surface area contributed by atoms with Crippen LogP contribution in [0.25, 0.3) is 11.3 Å². The van der Waals surface area contributed by atoms with Gasteiger partial charge in [-0.05, 0) is 24.3 Å². The molecular weight excluding hydrogens is 351 g/mol. The van der Waals surface area contributed by atoms with Crippen molar-refractivity contribution in [1.29, 1.82) is 0 Å². The van der Waals surface area contributed by atoms with Crippen LogP contribution < -0.4 is 5.32 Å². The SMILES string of the molecule is O=C(NCCc1nc(-c2cccnc2)cs1)c1ccc(F)c(F)c1F. The Morgan fingerprint density at radius 1 is 1.16 bits per heavy atom. The molecule has 0 aliphatic rings. The third kappa shape index (κ3) is 3.85. The van der Waals surface area contributed by atoms with Crippen LogP contribution in [0.15, 0.2) is 42.0 Å². The molecule has 8 heteroatoms. The summed E-state index contributed by atoms with van der Waals surface area (Å²) in [6.45, 7) is 0.192. The van der Waals surface area contributed by atoms with Gasteiger partial charge in [0.1, 0.15) is 0 Å². The van der Waals surface area contributed by atoms with E-state index in [4.69, 9.17) is 0 Å². The average Bonchev–Trinajstić information content (AvgIpc) is 3.09. The first-order valence-corrected chi connectivity index (χ1v) is 8.20. The van der Waals surface area contributed by atoms with Gasteiger partial charge < -0.3 is 5.32 Å². The van der Waals surface area contributed by atoms with Gasteiger partial charge in [0.15, 0.2) is 17.5 Å². The molecular formula is C17H12F3N3OS. The molecule has 0 saturated heterocycles. The number of hydrogen-bond acceptors (Lipinski definition) is 4. The lowest BCUT2D eigenvalue weighted by Gasteiger charge is -2.06. The molecule has 1 N–H and O–H groups in total. The van der Waals surface area contributed by atoms with Crippen LogP contribution in [0.4, 0.5) is 13.2 Å². The highest BCUT2D eigenvalue weighted by Crippen LogP contribution is 2.21. The van der Waals surface area contributed by atoms with Gasteiger partial charge >= 0.3 is 0 Å². The summed E-state index contributed by atoms with van der Waals surface area (Å²) in [5.41, 5.74) is 1.14. The molecule has 0 unspecified atom stereocenters. The predicted molar refractivity (Wildman–Crippen MR) is 87.7 cm³/mol. The number of amides is 1. The second kappa shape index (κ2) is 7.43. The molecule has 2 aromatic heterocycles. The van der Waals surface area contributed by atoms with Gasteiger partial charge in [-0.1, -0.05) is 0 Å². The van der Waals surface area contributed by atoms with E-state index in [1.54, 1.807) is 12.4 Å². The summed E-state index contributed by atoms with van der Waals surface area (Å²) < 4.78 is 39.6. The number of halogens is 3. The largest absolute Gasteiger partial charge is 0.352 e. The van der Waals surface area contributed by atoms with Gasteiger partial charge in [-0.15, -0.1) is 11.3 Å². The zero-order valence-electron chi connectivity index (χ0n) is 12.8. The van der Waals surface area contributed by atoms with E-state index in [1.165, 1.54) is 11.3 Å². The number of benzene rings is 1. The quantitative estimate of drug-likeness (QED) is 0.705. The molecule has 1 aromatic carbocycles. The van der Waals surface area contributed by atoms with Crippen molar-refractivity contribution in [3.8, 4) is 11.3 Å². The molecule has 0 atom stereocenters. The van der Waals surface area contributed by atoms with Gasteiger partial charge in [-0.2, -0.15) is 0 Å². The molecule has 3 aromatic rings. The first kappa shape index (κ1) is 17.1. The highest BCUT2D eigenvalue weighted by Gasteiger charge is 2.18. The zero-order chi connectivity index (χ0) is 17.8. The van der Waals surface area contributed by atoms with Crippen LogP contribution >= 0.6 is 11.3 Å². The third-order valence-corrected chi connectivity index (χ3v) is 4.32. The summed E-state index contributed by atoms with van der Waals surface area (Å²) in [5, 5.41) is 5.13. The van der Waals surface area contributed by atoms with Gasteiger partial charge in [0.25, 0.3) is 5.91 Å². The first-order valence-electron chi connectivity index (χ1n) is 7.32. The number of carbonyl (C=O) groups is 1. The Bertz CT molecular complexity index is 899. The Morgan fingerprint density at radius 2 is 2.00 bits per heavy atom. The molecule has 0 aliphatic heterocycles. The van der Waals surface area contributed by atoms with E-state index in [1.807, 2.05) is 17.5 Å². The summed E-state index contributed by atoms with van der Waals surface area (Å²) in [6.07, 6.45) is 3.80. The Labute approximate surface area is 145 Å². The van der Waals surface area contributed by atoms with Crippen molar-refractivity contribution in [2.75, 3.05) is 6.54 Å². The fraction of sp³-hybridized carbons (Fsp3) is 0.118. The molecule has 1 amide bonds. The molecule has 0 saturated carbocycles. The van der Waals surface area contributed by atoms with Crippen LogP contribution in [0, 0.1) is 17.5 Å². The smallest absolute Gasteiger partial charge is 0.254 e. The summed E-state index contributed by atoms with van der Waals surface area (Å²) in [5.74, 6) is -5.29. The molecule has 2 heterocycles. The maximum Gasteiger partial charge on any atom is 0.254 e. The van der Waals surface area contributed by atoms with E-state index in [0.717, 1.165) is 22.3 Å². The highest BCUT2D eigenvalue weighted by atomic mass is 32.1. The fourth-order valence-electron chi connectivity index (χ4n) is 2.15.